The SMILES string of the molecule is O=C(NC1CCCCCCC1)c1ccc(Cn2cc(Br)cn2)o1. The second-order valence-electron chi connectivity index (χ2n) is 6.14. The number of nitrogens with zero attached hydrogens (tertiary/aromatic N) is 2. The van der Waals surface area contributed by atoms with Gasteiger partial charge in [0.05, 0.1) is 17.2 Å². The first-order chi connectivity index (χ1) is 11.2. The van der Waals surface area contributed by atoms with Crippen LogP contribution >= 0.6 is 15.9 Å². The molecular weight excluding hydrogens is 358 g/mol. The van der Waals surface area contributed by atoms with Gasteiger partial charge in [0, 0.05) is 12.2 Å². The third-order valence-electron chi connectivity index (χ3n) is 4.25. The number of carbonyl (C=O) groups excluding carboxylic acids is 1. The van der Waals surface area contributed by atoms with Gasteiger partial charge in [-0.25, -0.2) is 0 Å². The lowest BCUT2D eigenvalue weighted by Crippen LogP contribution is -2.35. The maximum Gasteiger partial charge on any atom is 0.287 e. The highest BCUT2D eigenvalue weighted by Crippen LogP contribution is 2.18. The van der Waals surface area contributed by atoms with Crippen molar-refractivity contribution in [3.63, 3.8) is 0 Å². The van der Waals surface area contributed by atoms with Gasteiger partial charge in [-0.2, -0.15) is 5.10 Å². The number of hydrogen-bond acceptors (Lipinski definition) is 3. The molecule has 0 unspecified atom stereocenters. The van der Waals surface area contributed by atoms with Crippen molar-refractivity contribution < 1.29 is 9.21 Å². The van der Waals surface area contributed by atoms with Gasteiger partial charge in [0.25, 0.3) is 5.91 Å². The monoisotopic (exact) mass is 379 g/mol. The highest BCUT2D eigenvalue weighted by atomic mass is 79.9. The summed E-state index contributed by atoms with van der Waals surface area (Å²) in [7, 11) is 0. The van der Waals surface area contributed by atoms with E-state index in [1.54, 1.807) is 16.9 Å². The molecular formula is C17H22BrN3O2. The number of amides is 1. The van der Waals surface area contributed by atoms with E-state index < -0.39 is 0 Å². The molecule has 1 aliphatic carbocycles. The Labute approximate surface area is 144 Å². The molecule has 1 amide bonds. The number of halogens is 1. The largest absolute Gasteiger partial charge is 0.454 e. The quantitative estimate of drug-likeness (QED) is 0.868. The van der Waals surface area contributed by atoms with Crippen LogP contribution in [0.2, 0.25) is 0 Å². The van der Waals surface area contributed by atoms with E-state index in [0.29, 0.717) is 12.3 Å². The van der Waals surface area contributed by atoms with Gasteiger partial charge in [0.15, 0.2) is 5.76 Å². The predicted molar refractivity (Wildman–Crippen MR) is 91.3 cm³/mol. The van der Waals surface area contributed by atoms with Gasteiger partial charge in [0.1, 0.15) is 5.76 Å². The van der Waals surface area contributed by atoms with Crippen LogP contribution in [-0.2, 0) is 6.54 Å². The molecule has 0 aromatic carbocycles. The van der Waals surface area contributed by atoms with E-state index in [-0.39, 0.29) is 11.9 Å². The number of nitrogens with one attached hydrogen (secondary N) is 1. The molecule has 0 atom stereocenters. The summed E-state index contributed by atoms with van der Waals surface area (Å²) in [5, 5.41) is 7.31. The number of hydrogen-bond donors (Lipinski definition) is 1. The van der Waals surface area contributed by atoms with E-state index in [4.69, 9.17) is 4.42 Å². The first kappa shape index (κ1) is 16.3. The second kappa shape index (κ2) is 7.81. The summed E-state index contributed by atoms with van der Waals surface area (Å²) in [4.78, 5) is 12.3. The average molecular weight is 380 g/mol. The zero-order chi connectivity index (χ0) is 16.1. The minimum atomic E-state index is -0.108. The smallest absolute Gasteiger partial charge is 0.287 e. The number of furan rings is 1. The summed E-state index contributed by atoms with van der Waals surface area (Å²) in [5.41, 5.74) is 0. The molecule has 0 saturated heterocycles. The molecule has 6 heteroatoms. The summed E-state index contributed by atoms with van der Waals surface area (Å²) in [5.74, 6) is 1.00. The fraction of sp³-hybridized carbons (Fsp3) is 0.529. The van der Waals surface area contributed by atoms with Crippen LogP contribution < -0.4 is 5.32 Å². The van der Waals surface area contributed by atoms with Crippen LogP contribution in [0.4, 0.5) is 0 Å². The van der Waals surface area contributed by atoms with Gasteiger partial charge in [-0.05, 0) is 40.9 Å². The lowest BCUT2D eigenvalue weighted by Gasteiger charge is -2.20. The zero-order valence-electron chi connectivity index (χ0n) is 13.1. The molecule has 124 valence electrons. The van der Waals surface area contributed by atoms with Crippen molar-refractivity contribution in [3.05, 3.63) is 40.5 Å². The van der Waals surface area contributed by atoms with Crippen LogP contribution in [0.3, 0.4) is 0 Å². The topological polar surface area (TPSA) is 60.1 Å². The average Bonchev–Trinajstić information content (AvgIpc) is 3.11. The molecule has 1 saturated carbocycles. The Morgan fingerprint density at radius 2 is 2.00 bits per heavy atom. The van der Waals surface area contributed by atoms with E-state index in [1.165, 1.54) is 32.1 Å². The summed E-state index contributed by atoms with van der Waals surface area (Å²) in [6.07, 6.45) is 12.0. The van der Waals surface area contributed by atoms with Gasteiger partial charge >= 0.3 is 0 Å². The van der Waals surface area contributed by atoms with E-state index in [1.807, 2.05) is 12.3 Å². The third-order valence-corrected chi connectivity index (χ3v) is 4.65. The van der Waals surface area contributed by atoms with E-state index in [2.05, 4.69) is 26.3 Å². The van der Waals surface area contributed by atoms with Crippen LogP contribution in [-0.4, -0.2) is 21.7 Å². The maximum atomic E-state index is 12.3. The molecule has 23 heavy (non-hydrogen) atoms. The molecule has 3 rings (SSSR count). The molecule has 1 N–H and O–H groups in total. The minimum Gasteiger partial charge on any atom is -0.454 e. The fourth-order valence-corrected chi connectivity index (χ4v) is 3.35. The van der Waals surface area contributed by atoms with Gasteiger partial charge in [-0.15, -0.1) is 0 Å². The molecule has 1 aliphatic rings. The Morgan fingerprint density at radius 3 is 2.70 bits per heavy atom. The molecule has 2 aromatic heterocycles. The van der Waals surface area contributed by atoms with Gasteiger partial charge < -0.3 is 9.73 Å². The summed E-state index contributed by atoms with van der Waals surface area (Å²) < 4.78 is 8.35. The molecule has 0 radical (unpaired) electrons. The van der Waals surface area contributed by atoms with Crippen LogP contribution in [0.15, 0.2) is 33.4 Å². The van der Waals surface area contributed by atoms with E-state index in [9.17, 15) is 4.79 Å². The van der Waals surface area contributed by atoms with Crippen molar-refractivity contribution in [2.24, 2.45) is 0 Å². The van der Waals surface area contributed by atoms with Crippen molar-refractivity contribution in [2.45, 2.75) is 57.5 Å². The van der Waals surface area contributed by atoms with Gasteiger partial charge in [0.2, 0.25) is 0 Å². The maximum absolute atomic E-state index is 12.3. The predicted octanol–water partition coefficient (Wildman–Crippen LogP) is 4.13. The van der Waals surface area contributed by atoms with Crippen LogP contribution in [0, 0.1) is 0 Å². The third kappa shape index (κ3) is 4.70. The highest BCUT2D eigenvalue weighted by molar-refractivity contribution is 9.10. The number of carbonyl (C=O) groups is 1. The Morgan fingerprint density at radius 1 is 1.26 bits per heavy atom. The van der Waals surface area contributed by atoms with Gasteiger partial charge in [-0.1, -0.05) is 32.1 Å². The number of aromatic nitrogens is 2. The molecule has 2 heterocycles. The Kier molecular flexibility index (Phi) is 5.54. The molecule has 1 fully saturated rings. The Hall–Kier alpha value is -1.56. The molecule has 0 bridgehead atoms. The van der Waals surface area contributed by atoms with Crippen LogP contribution in [0.25, 0.3) is 0 Å². The highest BCUT2D eigenvalue weighted by Gasteiger charge is 2.17. The number of rotatable bonds is 4. The van der Waals surface area contributed by atoms with Crippen LogP contribution in [0.1, 0.15) is 61.3 Å². The van der Waals surface area contributed by atoms with E-state index in [0.717, 1.165) is 23.1 Å². The van der Waals surface area contributed by atoms with Crippen molar-refractivity contribution >= 4 is 21.8 Å². The lowest BCUT2D eigenvalue weighted by molar-refractivity contribution is 0.0900. The van der Waals surface area contributed by atoms with Gasteiger partial charge in [-0.3, -0.25) is 9.48 Å². The summed E-state index contributed by atoms with van der Waals surface area (Å²) in [6, 6.07) is 3.85. The second-order valence-corrected chi connectivity index (χ2v) is 7.05. The van der Waals surface area contributed by atoms with E-state index >= 15 is 0 Å². The van der Waals surface area contributed by atoms with Crippen molar-refractivity contribution in [1.82, 2.24) is 15.1 Å². The standard InChI is InChI=1S/C17H22BrN3O2/c18-13-10-19-21(11-13)12-15-8-9-16(23-15)17(22)20-14-6-4-2-1-3-5-7-14/h8-11,14H,1-7,12H2,(H,20,22). The van der Waals surface area contributed by atoms with Crippen molar-refractivity contribution in [3.8, 4) is 0 Å². The normalized spacial score (nSPS) is 16.7. The minimum absolute atomic E-state index is 0.108. The first-order valence-corrected chi connectivity index (χ1v) is 9.07. The molecule has 0 aliphatic heterocycles. The fourth-order valence-electron chi connectivity index (χ4n) is 3.03. The summed E-state index contributed by atoms with van der Waals surface area (Å²) >= 11 is 3.36. The Balaban J connectivity index is 1.57. The first-order valence-electron chi connectivity index (χ1n) is 8.28. The Bertz CT molecular complexity index is 642. The summed E-state index contributed by atoms with van der Waals surface area (Å²) in [6.45, 7) is 0.516. The lowest BCUT2D eigenvalue weighted by atomic mass is 9.97. The van der Waals surface area contributed by atoms with Crippen molar-refractivity contribution in [2.75, 3.05) is 0 Å². The zero-order valence-corrected chi connectivity index (χ0v) is 14.7. The van der Waals surface area contributed by atoms with Crippen LogP contribution in [0.5, 0.6) is 0 Å². The molecule has 2 aromatic rings. The molecule has 5 nitrogen and oxygen atoms in total. The van der Waals surface area contributed by atoms with Crippen molar-refractivity contribution in [1.29, 1.82) is 0 Å². The molecule has 0 spiro atoms.